The summed E-state index contributed by atoms with van der Waals surface area (Å²) in [6.07, 6.45) is 3.82. The molecule has 0 aliphatic heterocycles. The van der Waals surface area contributed by atoms with Crippen molar-refractivity contribution in [2.45, 2.75) is 39.5 Å². The summed E-state index contributed by atoms with van der Waals surface area (Å²) in [5.74, 6) is 2.63. The maximum atomic E-state index is 12.7. The first-order chi connectivity index (χ1) is 16.5. The number of anilines is 5. The number of carbonyl (C=O) groups is 1. The van der Waals surface area contributed by atoms with E-state index in [0.29, 0.717) is 28.8 Å². The first-order valence-corrected chi connectivity index (χ1v) is 11.4. The summed E-state index contributed by atoms with van der Waals surface area (Å²) >= 11 is 0. The molecule has 3 N–H and O–H groups in total. The molecule has 2 aromatic carbocycles. The van der Waals surface area contributed by atoms with E-state index in [9.17, 15) is 4.79 Å². The van der Waals surface area contributed by atoms with Gasteiger partial charge in [-0.3, -0.25) is 4.79 Å². The molecule has 0 atom stereocenters. The normalized spacial score (nSPS) is 12.6. The van der Waals surface area contributed by atoms with Gasteiger partial charge in [-0.05, 0) is 69.5 Å². The number of nitrogens with zero attached hydrogens (tertiary/aromatic N) is 3. The minimum Gasteiger partial charge on any atom is -0.360 e. The highest BCUT2D eigenvalue weighted by molar-refractivity contribution is 6.04. The molecule has 5 rings (SSSR count). The van der Waals surface area contributed by atoms with Crippen LogP contribution in [0.3, 0.4) is 0 Å². The average molecular weight is 455 g/mol. The maximum Gasteiger partial charge on any atom is 0.278 e. The monoisotopic (exact) mass is 454 g/mol. The SMILES string of the molecule is Cc1ccc(Nc2cc(Nc3ccc(NC(=O)c4noc5c4CCCC5)cc3)nc(C)n2)cc1. The van der Waals surface area contributed by atoms with Crippen LogP contribution in [0, 0.1) is 13.8 Å². The van der Waals surface area contributed by atoms with Crippen molar-refractivity contribution in [3.8, 4) is 0 Å². The number of nitrogens with one attached hydrogen (secondary N) is 3. The second-order valence-electron chi connectivity index (χ2n) is 8.47. The minimum atomic E-state index is -0.245. The van der Waals surface area contributed by atoms with Crippen LogP contribution in [-0.4, -0.2) is 21.0 Å². The van der Waals surface area contributed by atoms with Gasteiger partial charge in [0.15, 0.2) is 5.69 Å². The van der Waals surface area contributed by atoms with Gasteiger partial charge in [-0.2, -0.15) is 0 Å². The number of aryl methyl sites for hydroxylation is 3. The summed E-state index contributed by atoms with van der Waals surface area (Å²) in [4.78, 5) is 21.6. The standard InChI is InChI=1S/C26H26N6O2/c1-16-7-9-18(10-8-16)29-23-15-24(28-17(2)27-23)30-19-11-13-20(14-12-19)31-26(33)25-21-5-3-4-6-22(21)34-32-25/h7-15H,3-6H2,1-2H3,(H,31,33)(H2,27,28,29,30). The molecular formula is C26H26N6O2. The lowest BCUT2D eigenvalue weighted by Crippen LogP contribution is -2.15. The summed E-state index contributed by atoms with van der Waals surface area (Å²) in [5, 5.41) is 13.5. The zero-order chi connectivity index (χ0) is 23.5. The van der Waals surface area contributed by atoms with Gasteiger partial charge in [0.25, 0.3) is 5.91 Å². The lowest BCUT2D eigenvalue weighted by molar-refractivity contribution is 0.101. The second kappa shape index (κ2) is 9.35. The molecule has 4 aromatic rings. The van der Waals surface area contributed by atoms with Crippen LogP contribution in [0.2, 0.25) is 0 Å². The lowest BCUT2D eigenvalue weighted by atomic mass is 9.96. The Morgan fingerprint density at radius 2 is 1.41 bits per heavy atom. The van der Waals surface area contributed by atoms with Crippen molar-refractivity contribution in [3.05, 3.63) is 83.0 Å². The molecule has 0 unspecified atom stereocenters. The van der Waals surface area contributed by atoms with Crippen LogP contribution in [0.4, 0.5) is 28.7 Å². The molecule has 0 spiro atoms. The Bertz CT molecular complexity index is 1310. The van der Waals surface area contributed by atoms with E-state index in [1.807, 2.05) is 61.5 Å². The van der Waals surface area contributed by atoms with Crippen LogP contribution in [0.1, 0.15) is 46.0 Å². The molecule has 1 aliphatic carbocycles. The molecule has 1 amide bonds. The third-order valence-corrected chi connectivity index (χ3v) is 5.74. The van der Waals surface area contributed by atoms with E-state index in [1.165, 1.54) is 5.56 Å². The van der Waals surface area contributed by atoms with E-state index in [-0.39, 0.29) is 5.91 Å². The van der Waals surface area contributed by atoms with Crippen LogP contribution < -0.4 is 16.0 Å². The Morgan fingerprint density at radius 3 is 2.09 bits per heavy atom. The molecule has 34 heavy (non-hydrogen) atoms. The predicted molar refractivity (Wildman–Crippen MR) is 132 cm³/mol. The quantitative estimate of drug-likeness (QED) is 0.343. The number of carbonyl (C=O) groups excluding carboxylic acids is 1. The number of hydrogen-bond donors (Lipinski definition) is 3. The van der Waals surface area contributed by atoms with Gasteiger partial charge in [0.2, 0.25) is 0 Å². The smallest absolute Gasteiger partial charge is 0.278 e. The van der Waals surface area contributed by atoms with E-state index >= 15 is 0 Å². The number of rotatable bonds is 6. The highest BCUT2D eigenvalue weighted by atomic mass is 16.5. The van der Waals surface area contributed by atoms with Gasteiger partial charge >= 0.3 is 0 Å². The summed E-state index contributed by atoms with van der Waals surface area (Å²) in [5.41, 5.74) is 5.02. The summed E-state index contributed by atoms with van der Waals surface area (Å²) in [7, 11) is 0. The number of benzene rings is 2. The van der Waals surface area contributed by atoms with Gasteiger partial charge in [0.1, 0.15) is 23.2 Å². The highest BCUT2D eigenvalue weighted by Crippen LogP contribution is 2.26. The van der Waals surface area contributed by atoms with Gasteiger partial charge in [0.05, 0.1) is 0 Å². The number of hydrogen-bond acceptors (Lipinski definition) is 7. The largest absolute Gasteiger partial charge is 0.360 e. The Balaban J connectivity index is 1.25. The molecule has 2 aromatic heterocycles. The summed E-state index contributed by atoms with van der Waals surface area (Å²) in [6, 6.07) is 17.4. The molecule has 0 bridgehead atoms. The molecular weight excluding hydrogens is 428 g/mol. The minimum absolute atomic E-state index is 0.245. The average Bonchev–Trinajstić information content (AvgIpc) is 3.26. The molecule has 8 nitrogen and oxygen atoms in total. The molecule has 0 fully saturated rings. The van der Waals surface area contributed by atoms with E-state index < -0.39 is 0 Å². The Kier molecular flexibility index (Phi) is 5.95. The van der Waals surface area contributed by atoms with Crippen molar-refractivity contribution in [2.75, 3.05) is 16.0 Å². The van der Waals surface area contributed by atoms with Gasteiger partial charge < -0.3 is 20.5 Å². The van der Waals surface area contributed by atoms with Crippen molar-refractivity contribution in [1.82, 2.24) is 15.1 Å². The lowest BCUT2D eigenvalue weighted by Gasteiger charge is -2.11. The zero-order valence-electron chi connectivity index (χ0n) is 19.2. The molecule has 0 radical (unpaired) electrons. The van der Waals surface area contributed by atoms with Crippen molar-refractivity contribution in [3.63, 3.8) is 0 Å². The topological polar surface area (TPSA) is 105 Å². The van der Waals surface area contributed by atoms with E-state index in [0.717, 1.165) is 48.4 Å². The van der Waals surface area contributed by atoms with Crippen molar-refractivity contribution in [1.29, 1.82) is 0 Å². The second-order valence-corrected chi connectivity index (χ2v) is 8.47. The molecule has 2 heterocycles. The Morgan fingerprint density at radius 1 is 0.824 bits per heavy atom. The zero-order valence-corrected chi connectivity index (χ0v) is 19.2. The molecule has 8 heteroatoms. The number of fused-ring (bicyclic) bond motifs is 1. The molecule has 1 aliphatic rings. The molecule has 0 saturated heterocycles. The number of aromatic nitrogens is 3. The fourth-order valence-corrected chi connectivity index (χ4v) is 4.02. The van der Waals surface area contributed by atoms with Crippen molar-refractivity contribution in [2.24, 2.45) is 0 Å². The predicted octanol–water partition coefficient (Wildman–Crippen LogP) is 5.70. The summed E-state index contributed by atoms with van der Waals surface area (Å²) in [6.45, 7) is 3.91. The van der Waals surface area contributed by atoms with Crippen LogP contribution in [-0.2, 0) is 12.8 Å². The van der Waals surface area contributed by atoms with Gasteiger partial charge in [-0.1, -0.05) is 22.9 Å². The van der Waals surface area contributed by atoms with Crippen LogP contribution in [0.25, 0.3) is 0 Å². The van der Waals surface area contributed by atoms with Crippen LogP contribution in [0.15, 0.2) is 59.1 Å². The number of amides is 1. The van der Waals surface area contributed by atoms with E-state index in [1.54, 1.807) is 0 Å². The van der Waals surface area contributed by atoms with Gasteiger partial charge in [-0.15, -0.1) is 0 Å². The Hall–Kier alpha value is -4.20. The van der Waals surface area contributed by atoms with Crippen LogP contribution >= 0.6 is 0 Å². The van der Waals surface area contributed by atoms with E-state index in [4.69, 9.17) is 4.52 Å². The third-order valence-electron chi connectivity index (χ3n) is 5.74. The fourth-order valence-electron chi connectivity index (χ4n) is 4.02. The Labute approximate surface area is 197 Å². The first kappa shape index (κ1) is 21.6. The van der Waals surface area contributed by atoms with Crippen molar-refractivity contribution < 1.29 is 9.32 Å². The van der Waals surface area contributed by atoms with Crippen LogP contribution in [0.5, 0.6) is 0 Å². The van der Waals surface area contributed by atoms with Crippen molar-refractivity contribution >= 4 is 34.6 Å². The summed E-state index contributed by atoms with van der Waals surface area (Å²) < 4.78 is 5.36. The van der Waals surface area contributed by atoms with E-state index in [2.05, 4.69) is 38.0 Å². The van der Waals surface area contributed by atoms with Gasteiger partial charge in [0, 0.05) is 35.1 Å². The first-order valence-electron chi connectivity index (χ1n) is 11.4. The third kappa shape index (κ3) is 4.91. The molecule has 0 saturated carbocycles. The highest BCUT2D eigenvalue weighted by Gasteiger charge is 2.24. The molecule has 172 valence electrons. The maximum absolute atomic E-state index is 12.7. The van der Waals surface area contributed by atoms with Gasteiger partial charge in [-0.25, -0.2) is 9.97 Å². The fraction of sp³-hybridized carbons (Fsp3) is 0.231.